The first kappa shape index (κ1) is 27.1. The van der Waals surface area contributed by atoms with Crippen LogP contribution in [-0.2, 0) is 4.79 Å². The maximum atomic E-state index is 14.6. The van der Waals surface area contributed by atoms with Crippen molar-refractivity contribution >= 4 is 40.0 Å². The second-order valence-electron chi connectivity index (χ2n) is 11.7. The third-order valence-corrected chi connectivity index (χ3v) is 9.03. The Bertz CT molecular complexity index is 2080. The lowest BCUT2D eigenvalue weighted by atomic mass is 9.63. The molecule has 5 aromatic rings. The number of carbonyl (C=O) groups excluding carboxylic acids is 1. The second kappa shape index (κ2) is 10.3. The van der Waals surface area contributed by atoms with Crippen LogP contribution in [-0.4, -0.2) is 37.6 Å². The minimum Gasteiger partial charge on any atom is -0.481 e. The molecule has 0 radical (unpaired) electrons. The van der Waals surface area contributed by atoms with E-state index in [1.807, 2.05) is 0 Å². The van der Waals surface area contributed by atoms with E-state index < -0.39 is 23.5 Å². The van der Waals surface area contributed by atoms with Gasteiger partial charge in [-0.25, -0.2) is 23.7 Å². The highest BCUT2D eigenvalue weighted by Crippen LogP contribution is 2.45. The quantitative estimate of drug-likeness (QED) is 0.194. The van der Waals surface area contributed by atoms with E-state index in [0.29, 0.717) is 45.3 Å². The molecule has 3 aromatic carbocycles. The number of carboxylic acid groups (broad SMARTS) is 1. The normalized spacial score (nSPS) is 21.2. The molecule has 3 fully saturated rings. The number of ether oxygens (including phenoxy) is 1. The van der Waals surface area contributed by atoms with Gasteiger partial charge in [-0.1, -0.05) is 18.2 Å². The summed E-state index contributed by atoms with van der Waals surface area (Å²) < 4.78 is 35.1. The molecule has 224 valence electrons. The fraction of sp³-hybridized carbons (Fsp3) is 0.206. The number of hydrogen-bond acceptors (Lipinski definition) is 6. The predicted molar refractivity (Wildman–Crippen MR) is 163 cm³/mol. The molecule has 9 nitrogen and oxygen atoms in total. The van der Waals surface area contributed by atoms with Crippen LogP contribution in [0.4, 0.5) is 20.3 Å². The summed E-state index contributed by atoms with van der Waals surface area (Å²) in [4.78, 5) is 42.5. The number of aliphatic imine (C=N–C) groups is 1. The maximum Gasteiger partial charge on any atom is 0.312 e. The van der Waals surface area contributed by atoms with E-state index in [1.165, 1.54) is 12.3 Å². The Balaban J connectivity index is 1.30. The summed E-state index contributed by atoms with van der Waals surface area (Å²) in [5.41, 5.74) is 2.89. The standard InChI is InChI=1S/C34H25F2N5O4/c35-19-12-21-22(15-37-31(21)23(36)13-19)32-38-25(14-28(41-32)40-30-17-7-5-16(6-8-17)29(30)34(43)44)18-9-10-20-27(11-18)45-26-4-2-1-3-24(26)39-33(20)42/h1-4,9-17,29,37H,5-8H2,(H,39,42)(H,43,44)/b40-30+/t16?,17?,29-/m1/s1. The third kappa shape index (κ3) is 4.62. The summed E-state index contributed by atoms with van der Waals surface area (Å²) in [5, 5.41) is 13.2. The van der Waals surface area contributed by atoms with Crippen molar-refractivity contribution in [1.82, 2.24) is 15.0 Å². The zero-order chi connectivity index (χ0) is 30.8. The Kier molecular flexibility index (Phi) is 6.22. The molecule has 9 rings (SSSR count). The molecular weight excluding hydrogens is 580 g/mol. The van der Waals surface area contributed by atoms with Crippen molar-refractivity contribution in [3.63, 3.8) is 0 Å². The van der Waals surface area contributed by atoms with Crippen LogP contribution in [0.2, 0.25) is 0 Å². The molecule has 2 aromatic heterocycles. The Labute approximate surface area is 255 Å². The van der Waals surface area contributed by atoms with Crippen LogP contribution < -0.4 is 10.1 Å². The number of rotatable bonds is 4. The SMILES string of the molecule is O=C1Nc2ccccc2Oc2cc(-c3cc(/N=C4\C5CCC(CC5)[C@H]4C(=O)O)nc(-c4c[nH]c5c(F)cc(F)cc45)n3)ccc21. The van der Waals surface area contributed by atoms with Gasteiger partial charge in [-0.15, -0.1) is 0 Å². The van der Waals surface area contributed by atoms with Crippen molar-refractivity contribution in [3.05, 3.63) is 84.1 Å². The van der Waals surface area contributed by atoms with Gasteiger partial charge >= 0.3 is 5.97 Å². The number of fused-ring (bicyclic) bond motifs is 6. The number of H-pyrrole nitrogens is 1. The van der Waals surface area contributed by atoms with Crippen molar-refractivity contribution in [3.8, 4) is 34.1 Å². The number of amides is 1. The number of aromatic nitrogens is 3. The van der Waals surface area contributed by atoms with Crippen LogP contribution >= 0.6 is 0 Å². The largest absolute Gasteiger partial charge is 0.481 e. The molecule has 3 heterocycles. The molecule has 1 aliphatic heterocycles. The molecule has 1 atom stereocenters. The molecule has 3 N–H and O–H groups in total. The number of aliphatic carboxylic acids is 1. The molecule has 0 saturated heterocycles. The molecule has 1 amide bonds. The molecule has 3 saturated carbocycles. The minimum absolute atomic E-state index is 0.0161. The van der Waals surface area contributed by atoms with Gasteiger partial charge in [-0.3, -0.25) is 9.59 Å². The van der Waals surface area contributed by atoms with Crippen LogP contribution in [0.1, 0.15) is 36.0 Å². The molecule has 0 unspecified atom stereocenters. The molecular formula is C34H25F2N5O4. The van der Waals surface area contributed by atoms with Crippen LogP contribution in [0.25, 0.3) is 33.5 Å². The molecule has 0 spiro atoms. The highest BCUT2D eigenvalue weighted by Gasteiger charge is 2.44. The number of para-hydroxylation sites is 2. The van der Waals surface area contributed by atoms with Gasteiger partial charge in [0.05, 0.1) is 28.4 Å². The predicted octanol–water partition coefficient (Wildman–Crippen LogP) is 7.52. The van der Waals surface area contributed by atoms with Gasteiger partial charge in [0.25, 0.3) is 5.91 Å². The average molecular weight is 606 g/mol. The smallest absolute Gasteiger partial charge is 0.312 e. The van der Waals surface area contributed by atoms with E-state index in [-0.39, 0.29) is 40.3 Å². The lowest BCUT2D eigenvalue weighted by Gasteiger charge is -2.41. The zero-order valence-electron chi connectivity index (χ0n) is 23.7. The van der Waals surface area contributed by atoms with Crippen molar-refractivity contribution in [2.24, 2.45) is 22.7 Å². The third-order valence-electron chi connectivity index (χ3n) is 9.03. The van der Waals surface area contributed by atoms with Crippen molar-refractivity contribution < 1.29 is 28.2 Å². The first-order valence-electron chi connectivity index (χ1n) is 14.7. The Morgan fingerprint density at radius 3 is 2.60 bits per heavy atom. The Morgan fingerprint density at radius 2 is 1.78 bits per heavy atom. The number of nitrogens with one attached hydrogen (secondary N) is 2. The fourth-order valence-corrected chi connectivity index (χ4v) is 6.89. The van der Waals surface area contributed by atoms with Crippen LogP contribution in [0.3, 0.4) is 0 Å². The number of benzene rings is 3. The molecule has 3 aliphatic carbocycles. The van der Waals surface area contributed by atoms with E-state index in [4.69, 9.17) is 14.7 Å². The van der Waals surface area contributed by atoms with E-state index in [1.54, 1.807) is 48.5 Å². The van der Waals surface area contributed by atoms with E-state index in [0.717, 1.165) is 31.7 Å². The summed E-state index contributed by atoms with van der Waals surface area (Å²) in [7, 11) is 0. The first-order chi connectivity index (χ1) is 21.8. The topological polar surface area (TPSA) is 130 Å². The molecule has 2 bridgehead atoms. The summed E-state index contributed by atoms with van der Waals surface area (Å²) in [5.74, 6) is -2.20. The average Bonchev–Trinajstić information content (AvgIpc) is 3.40. The van der Waals surface area contributed by atoms with Crippen molar-refractivity contribution in [2.45, 2.75) is 25.7 Å². The second-order valence-corrected chi connectivity index (χ2v) is 11.7. The summed E-state index contributed by atoms with van der Waals surface area (Å²) in [6.07, 6.45) is 4.93. The van der Waals surface area contributed by atoms with Gasteiger partial charge in [0.1, 0.15) is 17.4 Å². The summed E-state index contributed by atoms with van der Waals surface area (Å²) in [6, 6.07) is 15.8. The number of halogens is 2. The highest BCUT2D eigenvalue weighted by atomic mass is 19.1. The minimum atomic E-state index is -0.901. The van der Waals surface area contributed by atoms with E-state index >= 15 is 0 Å². The summed E-state index contributed by atoms with van der Waals surface area (Å²) in [6.45, 7) is 0. The van der Waals surface area contributed by atoms with Gasteiger partial charge < -0.3 is 20.1 Å². The fourth-order valence-electron chi connectivity index (χ4n) is 6.89. The maximum absolute atomic E-state index is 14.6. The van der Waals surface area contributed by atoms with Crippen LogP contribution in [0.5, 0.6) is 11.5 Å². The van der Waals surface area contributed by atoms with Crippen LogP contribution in [0, 0.1) is 29.4 Å². The highest BCUT2D eigenvalue weighted by molar-refractivity contribution is 6.08. The summed E-state index contributed by atoms with van der Waals surface area (Å²) >= 11 is 0. The van der Waals surface area contributed by atoms with Crippen molar-refractivity contribution in [2.75, 3.05) is 5.32 Å². The molecule has 4 aliphatic rings. The number of aromatic amines is 1. The lowest BCUT2D eigenvalue weighted by Crippen LogP contribution is -2.44. The molecule has 11 heteroatoms. The first-order valence-corrected chi connectivity index (χ1v) is 14.7. The number of carbonyl (C=O) groups is 2. The van der Waals surface area contributed by atoms with Crippen LogP contribution in [0.15, 0.2) is 71.9 Å². The van der Waals surface area contributed by atoms with E-state index in [9.17, 15) is 23.5 Å². The number of carboxylic acids is 1. The van der Waals surface area contributed by atoms with Gasteiger partial charge in [0.15, 0.2) is 17.4 Å². The monoisotopic (exact) mass is 605 g/mol. The number of hydrogen-bond donors (Lipinski definition) is 3. The Hall–Kier alpha value is -5.45. The number of nitrogens with zero attached hydrogens (tertiary/aromatic N) is 3. The Morgan fingerprint density at radius 1 is 0.956 bits per heavy atom. The van der Waals surface area contributed by atoms with Gasteiger partial charge in [0.2, 0.25) is 0 Å². The van der Waals surface area contributed by atoms with Crippen molar-refractivity contribution in [1.29, 1.82) is 0 Å². The van der Waals surface area contributed by atoms with Gasteiger partial charge in [-0.2, -0.15) is 0 Å². The van der Waals surface area contributed by atoms with E-state index in [2.05, 4.69) is 15.3 Å². The molecule has 45 heavy (non-hydrogen) atoms. The zero-order valence-corrected chi connectivity index (χ0v) is 23.7. The van der Waals surface area contributed by atoms with Gasteiger partial charge in [0, 0.05) is 40.6 Å². The lowest BCUT2D eigenvalue weighted by molar-refractivity contribution is -0.142. The van der Waals surface area contributed by atoms with Gasteiger partial charge in [-0.05, 0) is 67.9 Å². The number of anilines is 1.